The van der Waals surface area contributed by atoms with Gasteiger partial charge in [-0.1, -0.05) is 70.5 Å². The second kappa shape index (κ2) is 4.85. The van der Waals surface area contributed by atoms with Crippen molar-refractivity contribution in [3.05, 3.63) is 87.4 Å². The van der Waals surface area contributed by atoms with E-state index in [-0.39, 0.29) is 0 Å². The molecule has 0 bridgehead atoms. The molecule has 1 atom stereocenters. The highest BCUT2D eigenvalue weighted by Gasteiger charge is 2.19. The fraction of sp³-hybridized carbons (Fsp3) is 0.100. The number of rotatable bonds is 1. The fourth-order valence-corrected chi connectivity index (χ4v) is 3.69. The molecule has 3 aromatic carbocycles. The molecule has 1 heteroatoms. The molecular formula is C20H15Br. The quantitative estimate of drug-likeness (QED) is 0.506. The van der Waals surface area contributed by atoms with Gasteiger partial charge in [0.1, 0.15) is 0 Å². The van der Waals surface area contributed by atoms with E-state index in [9.17, 15) is 0 Å². The van der Waals surface area contributed by atoms with E-state index in [0.29, 0.717) is 5.92 Å². The molecular weight excluding hydrogens is 320 g/mol. The van der Waals surface area contributed by atoms with Crippen molar-refractivity contribution in [1.82, 2.24) is 0 Å². The van der Waals surface area contributed by atoms with Gasteiger partial charge in [0.2, 0.25) is 0 Å². The third kappa shape index (κ3) is 2.04. The summed E-state index contributed by atoms with van der Waals surface area (Å²) in [4.78, 5) is 0. The molecule has 0 spiro atoms. The summed E-state index contributed by atoms with van der Waals surface area (Å²) in [6.45, 7) is 2.18. The van der Waals surface area contributed by atoms with E-state index in [1.54, 1.807) is 0 Å². The van der Waals surface area contributed by atoms with Crippen molar-refractivity contribution in [3.63, 3.8) is 0 Å². The van der Waals surface area contributed by atoms with Crippen LogP contribution in [-0.2, 0) is 0 Å². The monoisotopic (exact) mass is 334 g/mol. The molecule has 21 heavy (non-hydrogen) atoms. The SMILES string of the molecule is Cc1ccc(Br)c2ccc(C3C=Cc4ccccc43)cc12. The van der Waals surface area contributed by atoms with Crippen LogP contribution in [0.2, 0.25) is 0 Å². The van der Waals surface area contributed by atoms with Gasteiger partial charge in [-0.3, -0.25) is 0 Å². The molecule has 4 rings (SSSR count). The average molecular weight is 335 g/mol. The summed E-state index contributed by atoms with van der Waals surface area (Å²) in [6.07, 6.45) is 4.54. The molecule has 0 aliphatic heterocycles. The van der Waals surface area contributed by atoms with Gasteiger partial charge in [-0.05, 0) is 52.1 Å². The van der Waals surface area contributed by atoms with Crippen molar-refractivity contribution >= 4 is 32.8 Å². The number of aryl methyl sites for hydroxylation is 1. The molecule has 0 fully saturated rings. The summed E-state index contributed by atoms with van der Waals surface area (Å²) in [6, 6.07) is 19.8. The molecule has 0 radical (unpaired) electrons. The van der Waals surface area contributed by atoms with E-state index in [0.717, 1.165) is 4.47 Å². The first-order valence-electron chi connectivity index (χ1n) is 7.20. The maximum Gasteiger partial charge on any atom is 0.0278 e. The second-order valence-electron chi connectivity index (χ2n) is 5.64. The van der Waals surface area contributed by atoms with E-state index in [1.807, 2.05) is 0 Å². The molecule has 0 aromatic heterocycles. The van der Waals surface area contributed by atoms with Crippen LogP contribution in [0, 0.1) is 6.92 Å². The second-order valence-corrected chi connectivity index (χ2v) is 6.49. The van der Waals surface area contributed by atoms with Crippen LogP contribution in [0.5, 0.6) is 0 Å². The summed E-state index contributed by atoms with van der Waals surface area (Å²) >= 11 is 3.65. The summed E-state index contributed by atoms with van der Waals surface area (Å²) < 4.78 is 1.16. The van der Waals surface area contributed by atoms with E-state index in [4.69, 9.17) is 0 Å². The lowest BCUT2D eigenvalue weighted by molar-refractivity contribution is 1.05. The zero-order valence-electron chi connectivity index (χ0n) is 11.8. The van der Waals surface area contributed by atoms with Crippen LogP contribution in [0.15, 0.2) is 65.1 Å². The van der Waals surface area contributed by atoms with Crippen LogP contribution >= 0.6 is 15.9 Å². The van der Waals surface area contributed by atoms with Gasteiger partial charge in [0.15, 0.2) is 0 Å². The number of halogens is 1. The first-order valence-corrected chi connectivity index (χ1v) is 7.99. The third-order valence-corrected chi connectivity index (χ3v) is 5.06. The minimum absolute atomic E-state index is 0.379. The summed E-state index contributed by atoms with van der Waals surface area (Å²) in [5.74, 6) is 0.379. The van der Waals surface area contributed by atoms with Gasteiger partial charge in [0.25, 0.3) is 0 Å². The molecule has 0 amide bonds. The largest absolute Gasteiger partial charge is 0.0720 e. The minimum Gasteiger partial charge on any atom is -0.0720 e. The Bertz CT molecular complexity index is 874. The smallest absolute Gasteiger partial charge is 0.0278 e. The molecule has 0 heterocycles. The predicted octanol–water partition coefficient (Wildman–Crippen LogP) is 6.07. The molecule has 0 saturated heterocycles. The lowest BCUT2D eigenvalue weighted by Crippen LogP contribution is -1.96. The molecule has 3 aromatic rings. The molecule has 0 N–H and O–H groups in total. The highest BCUT2D eigenvalue weighted by molar-refractivity contribution is 9.10. The van der Waals surface area contributed by atoms with Crippen molar-refractivity contribution < 1.29 is 0 Å². The first-order chi connectivity index (χ1) is 10.2. The lowest BCUT2D eigenvalue weighted by atomic mass is 9.91. The first kappa shape index (κ1) is 12.8. The standard InChI is InChI=1S/C20H15Br/c1-13-6-11-20(21)18-10-8-15(12-19(13)18)17-9-7-14-4-2-3-5-16(14)17/h2-12,17H,1H3. The van der Waals surface area contributed by atoms with Crippen LogP contribution in [-0.4, -0.2) is 0 Å². The van der Waals surface area contributed by atoms with Crippen molar-refractivity contribution in [3.8, 4) is 0 Å². The van der Waals surface area contributed by atoms with Crippen molar-refractivity contribution in [1.29, 1.82) is 0 Å². The molecule has 102 valence electrons. The normalized spacial score (nSPS) is 16.4. The molecule has 1 aliphatic carbocycles. The van der Waals surface area contributed by atoms with Crippen LogP contribution in [0.3, 0.4) is 0 Å². The molecule has 1 unspecified atom stereocenters. The summed E-state index contributed by atoms with van der Waals surface area (Å²) in [7, 11) is 0. The number of benzene rings is 3. The maximum absolute atomic E-state index is 3.65. The minimum atomic E-state index is 0.379. The zero-order valence-corrected chi connectivity index (χ0v) is 13.4. The van der Waals surface area contributed by atoms with Gasteiger partial charge in [-0.25, -0.2) is 0 Å². The Morgan fingerprint density at radius 2 is 1.76 bits per heavy atom. The summed E-state index contributed by atoms with van der Waals surface area (Å²) in [5.41, 5.74) is 5.44. The van der Waals surface area contributed by atoms with Gasteiger partial charge < -0.3 is 0 Å². The van der Waals surface area contributed by atoms with Gasteiger partial charge >= 0.3 is 0 Å². The average Bonchev–Trinajstić information content (AvgIpc) is 2.95. The Hall–Kier alpha value is -1.86. The van der Waals surface area contributed by atoms with E-state index < -0.39 is 0 Å². The van der Waals surface area contributed by atoms with E-state index in [1.165, 1.54) is 33.0 Å². The van der Waals surface area contributed by atoms with Crippen LogP contribution in [0.25, 0.3) is 16.8 Å². The number of allylic oxidation sites excluding steroid dienone is 1. The highest BCUT2D eigenvalue weighted by Crippen LogP contribution is 2.37. The molecule has 1 aliphatic rings. The number of hydrogen-bond donors (Lipinski definition) is 0. The predicted molar refractivity (Wildman–Crippen MR) is 93.7 cm³/mol. The number of hydrogen-bond acceptors (Lipinski definition) is 0. The Labute approximate surface area is 133 Å². The third-order valence-electron chi connectivity index (χ3n) is 4.36. The van der Waals surface area contributed by atoms with Crippen LogP contribution in [0.4, 0.5) is 0 Å². The maximum atomic E-state index is 3.65. The van der Waals surface area contributed by atoms with Crippen molar-refractivity contribution in [2.45, 2.75) is 12.8 Å². The topological polar surface area (TPSA) is 0 Å². The van der Waals surface area contributed by atoms with Gasteiger partial charge in [0.05, 0.1) is 0 Å². The van der Waals surface area contributed by atoms with Gasteiger partial charge in [-0.15, -0.1) is 0 Å². The fourth-order valence-electron chi connectivity index (χ4n) is 3.21. The van der Waals surface area contributed by atoms with Gasteiger partial charge in [-0.2, -0.15) is 0 Å². The van der Waals surface area contributed by atoms with Crippen molar-refractivity contribution in [2.24, 2.45) is 0 Å². The van der Waals surface area contributed by atoms with E-state index in [2.05, 4.69) is 89.6 Å². The van der Waals surface area contributed by atoms with Gasteiger partial charge in [0, 0.05) is 10.4 Å². The summed E-state index contributed by atoms with van der Waals surface area (Å²) in [5, 5.41) is 2.62. The van der Waals surface area contributed by atoms with Crippen LogP contribution < -0.4 is 0 Å². The highest BCUT2D eigenvalue weighted by atomic mass is 79.9. The molecule has 0 saturated carbocycles. The lowest BCUT2D eigenvalue weighted by Gasteiger charge is -2.14. The van der Waals surface area contributed by atoms with Crippen LogP contribution in [0.1, 0.15) is 28.2 Å². The Morgan fingerprint density at radius 1 is 0.905 bits per heavy atom. The van der Waals surface area contributed by atoms with E-state index >= 15 is 0 Å². The Balaban J connectivity index is 1.90. The zero-order chi connectivity index (χ0) is 14.4. The Morgan fingerprint density at radius 3 is 2.67 bits per heavy atom. The number of fused-ring (bicyclic) bond motifs is 2. The van der Waals surface area contributed by atoms with Crippen molar-refractivity contribution in [2.75, 3.05) is 0 Å². The molecule has 0 nitrogen and oxygen atoms in total. The Kier molecular flexibility index (Phi) is 2.97.